The molecule has 2 N–H and O–H groups in total. The SMILES string of the molecule is O=S(=O)(O)C(OCCCCCl)C(F)(F)S(=O)(=O)O. The van der Waals surface area contributed by atoms with Crippen molar-refractivity contribution in [3.63, 3.8) is 0 Å². The van der Waals surface area contributed by atoms with E-state index in [1.807, 2.05) is 0 Å². The summed E-state index contributed by atoms with van der Waals surface area (Å²) in [6.45, 7) is -0.581. The molecule has 0 radical (unpaired) electrons. The predicted molar refractivity (Wildman–Crippen MR) is 57.7 cm³/mol. The lowest BCUT2D eigenvalue weighted by molar-refractivity contribution is -0.0495. The van der Waals surface area contributed by atoms with Crippen LogP contribution in [0.4, 0.5) is 8.78 Å². The van der Waals surface area contributed by atoms with Gasteiger partial charge >= 0.3 is 15.4 Å². The van der Waals surface area contributed by atoms with Gasteiger partial charge in [-0.1, -0.05) is 0 Å². The third-order valence-corrected chi connectivity index (χ3v) is 3.98. The molecule has 0 aliphatic carbocycles. The van der Waals surface area contributed by atoms with Gasteiger partial charge in [0.25, 0.3) is 15.6 Å². The Morgan fingerprint density at radius 1 is 1.17 bits per heavy atom. The minimum absolute atomic E-state index is 0.0665. The predicted octanol–water partition coefficient (Wildman–Crippen LogP) is 0.717. The summed E-state index contributed by atoms with van der Waals surface area (Å²) in [6, 6.07) is 0. The van der Waals surface area contributed by atoms with Crippen LogP contribution in [0.3, 0.4) is 0 Å². The summed E-state index contributed by atoms with van der Waals surface area (Å²) >= 11 is 5.26. The molecule has 0 aliphatic rings. The number of alkyl halides is 3. The quantitative estimate of drug-likeness (QED) is 0.382. The first-order valence-corrected chi connectivity index (χ1v) is 7.91. The molecule has 0 saturated heterocycles. The molecule has 0 bridgehead atoms. The van der Waals surface area contributed by atoms with Crippen LogP contribution in [0.2, 0.25) is 0 Å². The highest BCUT2D eigenvalue weighted by Crippen LogP contribution is 2.30. The number of hydrogen-bond acceptors (Lipinski definition) is 5. The first kappa shape index (κ1) is 17.9. The van der Waals surface area contributed by atoms with Gasteiger partial charge in [0.2, 0.25) is 0 Å². The molecule has 1 unspecified atom stereocenters. The third kappa shape index (κ3) is 4.90. The fourth-order valence-electron chi connectivity index (χ4n) is 0.865. The maximum atomic E-state index is 13.1. The Bertz CT molecular complexity index is 460. The summed E-state index contributed by atoms with van der Waals surface area (Å²) in [5, 5.41) is -5.18. The molecule has 0 aromatic heterocycles. The Balaban J connectivity index is 5.05. The first-order valence-electron chi connectivity index (χ1n) is 4.43. The Hall–Kier alpha value is -0.0700. The molecule has 18 heavy (non-hydrogen) atoms. The normalized spacial score (nSPS) is 15.6. The summed E-state index contributed by atoms with van der Waals surface area (Å²) in [5.41, 5.74) is -3.39. The van der Waals surface area contributed by atoms with Gasteiger partial charge in [-0.05, 0) is 12.8 Å². The van der Waals surface area contributed by atoms with Crippen molar-refractivity contribution >= 4 is 31.8 Å². The number of unbranched alkanes of at least 4 members (excludes halogenated alkanes) is 1. The van der Waals surface area contributed by atoms with Crippen molar-refractivity contribution in [1.82, 2.24) is 0 Å². The molecule has 0 amide bonds. The maximum absolute atomic E-state index is 13.1. The molecule has 0 aromatic rings. The summed E-state index contributed by atoms with van der Waals surface area (Å²) in [7, 11) is -11.6. The zero-order chi connectivity index (χ0) is 14.6. The van der Waals surface area contributed by atoms with Crippen LogP contribution in [0.5, 0.6) is 0 Å². The zero-order valence-electron chi connectivity index (χ0n) is 8.79. The van der Waals surface area contributed by atoms with E-state index in [2.05, 4.69) is 4.74 Å². The zero-order valence-corrected chi connectivity index (χ0v) is 11.2. The van der Waals surface area contributed by atoms with Gasteiger partial charge in [0.05, 0.1) is 0 Å². The van der Waals surface area contributed by atoms with Crippen LogP contribution in [0, 0.1) is 0 Å². The molecule has 7 nitrogen and oxygen atoms in total. The molecule has 0 fully saturated rings. The molecule has 110 valence electrons. The van der Waals surface area contributed by atoms with Gasteiger partial charge in [0.1, 0.15) is 0 Å². The number of hydrogen-bond donors (Lipinski definition) is 2. The second kappa shape index (κ2) is 6.39. The van der Waals surface area contributed by atoms with Gasteiger partial charge < -0.3 is 4.74 Å². The highest BCUT2D eigenvalue weighted by atomic mass is 35.5. The first-order chi connectivity index (χ1) is 7.94. The molecule has 12 heteroatoms. The van der Waals surface area contributed by atoms with E-state index < -0.39 is 37.5 Å². The van der Waals surface area contributed by atoms with Gasteiger partial charge in [-0.2, -0.15) is 25.6 Å². The number of rotatable bonds is 8. The van der Waals surface area contributed by atoms with Crippen molar-refractivity contribution in [2.75, 3.05) is 12.5 Å². The minimum atomic E-state index is -6.05. The Morgan fingerprint density at radius 3 is 2.00 bits per heavy atom. The maximum Gasteiger partial charge on any atom is 0.411 e. The van der Waals surface area contributed by atoms with E-state index >= 15 is 0 Å². The van der Waals surface area contributed by atoms with E-state index in [0.29, 0.717) is 6.42 Å². The van der Waals surface area contributed by atoms with Crippen LogP contribution >= 0.6 is 11.6 Å². The third-order valence-electron chi connectivity index (χ3n) is 1.69. The molecule has 0 saturated carbocycles. The molecule has 0 heterocycles. The highest BCUT2D eigenvalue weighted by Gasteiger charge is 2.58. The van der Waals surface area contributed by atoms with E-state index in [4.69, 9.17) is 20.7 Å². The van der Waals surface area contributed by atoms with Crippen LogP contribution in [0.1, 0.15) is 12.8 Å². The molecule has 1 atom stereocenters. The van der Waals surface area contributed by atoms with Gasteiger partial charge in [-0.3, -0.25) is 9.11 Å². The number of ether oxygens (including phenoxy) is 1. The van der Waals surface area contributed by atoms with Gasteiger partial charge in [0.15, 0.2) is 0 Å². The smallest absolute Gasteiger partial charge is 0.354 e. The monoisotopic (exact) mass is 332 g/mol. The van der Waals surface area contributed by atoms with Gasteiger partial charge in [-0.25, -0.2) is 0 Å². The van der Waals surface area contributed by atoms with Crippen LogP contribution in [-0.2, 0) is 25.0 Å². The second-order valence-corrected chi connectivity index (χ2v) is 6.48. The summed E-state index contributed by atoms with van der Waals surface area (Å²) in [6.07, 6.45) is 0.369. The highest BCUT2D eigenvalue weighted by molar-refractivity contribution is 7.90. The second-order valence-electron chi connectivity index (χ2n) is 3.15. The van der Waals surface area contributed by atoms with Crippen molar-refractivity contribution in [3.8, 4) is 0 Å². The van der Waals surface area contributed by atoms with E-state index in [9.17, 15) is 25.6 Å². The average molecular weight is 333 g/mol. The largest absolute Gasteiger partial charge is 0.411 e. The van der Waals surface area contributed by atoms with Crippen molar-refractivity contribution in [2.24, 2.45) is 0 Å². The van der Waals surface area contributed by atoms with Gasteiger partial charge in [0, 0.05) is 12.5 Å². The van der Waals surface area contributed by atoms with Crippen molar-refractivity contribution in [2.45, 2.75) is 23.5 Å². The minimum Gasteiger partial charge on any atom is -0.354 e. The van der Waals surface area contributed by atoms with Crippen LogP contribution in [-0.4, -0.2) is 49.1 Å². The lowest BCUT2D eigenvalue weighted by atomic mass is 10.4. The molecule has 0 aliphatic heterocycles. The Morgan fingerprint density at radius 2 is 1.67 bits per heavy atom. The molecular weight excluding hydrogens is 322 g/mol. The fourth-order valence-corrected chi connectivity index (χ4v) is 2.71. The van der Waals surface area contributed by atoms with Crippen LogP contribution < -0.4 is 0 Å². The fraction of sp³-hybridized carbons (Fsp3) is 1.00. The molecule has 0 rings (SSSR count). The van der Waals surface area contributed by atoms with Crippen molar-refractivity contribution in [3.05, 3.63) is 0 Å². The van der Waals surface area contributed by atoms with E-state index in [-0.39, 0.29) is 12.3 Å². The molecular formula is C6H11ClF2O7S2. The van der Waals surface area contributed by atoms with E-state index in [1.165, 1.54) is 0 Å². The van der Waals surface area contributed by atoms with E-state index in [0.717, 1.165) is 0 Å². The molecule has 0 spiro atoms. The van der Waals surface area contributed by atoms with Gasteiger partial charge in [-0.15, -0.1) is 11.6 Å². The standard InChI is InChI=1S/C6H11ClF2O7S2/c7-3-1-2-4-16-5(17(10,11)12)6(8,9)18(13,14)15/h5H,1-4H2,(H,10,11,12)(H,13,14,15). The number of halogens is 3. The lowest BCUT2D eigenvalue weighted by Crippen LogP contribution is -2.47. The Kier molecular flexibility index (Phi) is 6.36. The summed E-state index contributed by atoms with van der Waals surface area (Å²) < 4.78 is 89.0. The van der Waals surface area contributed by atoms with Crippen LogP contribution in [0.25, 0.3) is 0 Å². The van der Waals surface area contributed by atoms with Crippen molar-refractivity contribution in [1.29, 1.82) is 0 Å². The average Bonchev–Trinajstić information content (AvgIpc) is 2.13. The molecule has 0 aromatic carbocycles. The summed E-state index contributed by atoms with van der Waals surface area (Å²) in [4.78, 5) is 0. The van der Waals surface area contributed by atoms with E-state index in [1.54, 1.807) is 0 Å². The van der Waals surface area contributed by atoms with Crippen molar-refractivity contribution < 1.29 is 39.5 Å². The lowest BCUT2D eigenvalue weighted by Gasteiger charge is -2.21. The Labute approximate surface area is 108 Å². The topological polar surface area (TPSA) is 118 Å². The summed E-state index contributed by atoms with van der Waals surface area (Å²) in [5.74, 6) is 0.161. The van der Waals surface area contributed by atoms with Crippen LogP contribution in [0.15, 0.2) is 0 Å².